The second-order valence-corrected chi connectivity index (χ2v) is 9.67. The van der Waals surface area contributed by atoms with Crippen LogP contribution in [0, 0.1) is 0 Å². The number of rotatable bonds is 21. The minimum atomic E-state index is -4.82. The molecule has 0 aliphatic rings. The quantitative estimate of drug-likeness (QED) is 0.0970. The van der Waals surface area contributed by atoms with E-state index in [4.69, 9.17) is 14.4 Å². The Balaban J connectivity index is -0.000000701. The molecular formula is C22H44Na2O7S. The molecule has 0 aliphatic carbocycles. The van der Waals surface area contributed by atoms with Crippen molar-refractivity contribution in [1.82, 2.24) is 0 Å². The number of carboxylic acid groups (broad SMARTS) is 1. The third kappa shape index (κ3) is 24.0. The average molecular weight is 499 g/mol. The van der Waals surface area contributed by atoms with Crippen molar-refractivity contribution in [3.05, 3.63) is 0 Å². The Morgan fingerprint density at radius 1 is 0.750 bits per heavy atom. The standard InChI is InChI=1S/C22H42O7S.2Na.2H/c1-2-3-4-5-6-7-8-9-10-11-12-13-14-15-16-17-18-29-21(23)19-20(22(24)25)30(26,27)28;;;;/h20H,2-19H2,1H3,(H,24,25)(H,26,27,28);;;;/q;2*+1;2*-1. The first kappa shape index (κ1) is 37.4. The third-order valence-corrected chi connectivity index (χ3v) is 6.34. The number of unbranched alkanes of at least 4 members (excludes halogenated alkanes) is 15. The van der Waals surface area contributed by atoms with Gasteiger partial charge in [0.1, 0.15) is 0 Å². The number of hydrogen-bond acceptors (Lipinski definition) is 5. The fraction of sp³-hybridized carbons (Fsp3) is 0.909. The Morgan fingerprint density at radius 2 is 1.09 bits per heavy atom. The summed E-state index contributed by atoms with van der Waals surface area (Å²) in [5.41, 5.74) is 0. The summed E-state index contributed by atoms with van der Waals surface area (Å²) in [6.07, 6.45) is 18.9. The predicted octanol–water partition coefficient (Wildman–Crippen LogP) is -0.245. The van der Waals surface area contributed by atoms with Gasteiger partial charge in [0.2, 0.25) is 0 Å². The first-order valence-electron chi connectivity index (χ1n) is 11.6. The summed E-state index contributed by atoms with van der Waals surface area (Å²) >= 11 is 0. The summed E-state index contributed by atoms with van der Waals surface area (Å²) in [6, 6.07) is 0. The zero-order valence-corrected chi connectivity index (χ0v) is 25.5. The summed E-state index contributed by atoms with van der Waals surface area (Å²) in [6.45, 7) is 2.38. The van der Waals surface area contributed by atoms with Gasteiger partial charge in [-0.25, -0.2) is 0 Å². The van der Waals surface area contributed by atoms with Gasteiger partial charge in [-0.1, -0.05) is 103 Å². The Labute approximate surface area is 242 Å². The van der Waals surface area contributed by atoms with Gasteiger partial charge in [-0.2, -0.15) is 8.42 Å². The fourth-order valence-corrected chi connectivity index (χ4v) is 3.97. The van der Waals surface area contributed by atoms with Crippen LogP contribution in [-0.2, 0) is 24.4 Å². The molecule has 0 aromatic heterocycles. The van der Waals surface area contributed by atoms with Crippen LogP contribution >= 0.6 is 0 Å². The summed E-state index contributed by atoms with van der Waals surface area (Å²) in [7, 11) is -4.82. The number of carboxylic acids is 1. The van der Waals surface area contributed by atoms with Crippen LogP contribution in [0.1, 0.15) is 119 Å². The molecule has 0 saturated heterocycles. The first-order valence-corrected chi connectivity index (χ1v) is 13.1. The normalized spacial score (nSPS) is 11.8. The van der Waals surface area contributed by atoms with Crippen LogP contribution < -0.4 is 59.1 Å². The van der Waals surface area contributed by atoms with Crippen LogP contribution in [-0.4, -0.2) is 41.9 Å². The van der Waals surface area contributed by atoms with Crippen LogP contribution in [0.3, 0.4) is 0 Å². The molecule has 0 aliphatic heterocycles. The van der Waals surface area contributed by atoms with Crippen molar-refractivity contribution in [2.24, 2.45) is 0 Å². The fourth-order valence-electron chi connectivity index (χ4n) is 3.37. The monoisotopic (exact) mass is 498 g/mol. The summed E-state index contributed by atoms with van der Waals surface area (Å²) in [4.78, 5) is 22.3. The van der Waals surface area contributed by atoms with Crippen molar-refractivity contribution >= 4 is 22.1 Å². The van der Waals surface area contributed by atoms with E-state index in [-0.39, 0.29) is 68.6 Å². The number of carbonyl (C=O) groups excluding carboxylic acids is 1. The van der Waals surface area contributed by atoms with Gasteiger partial charge in [-0.3, -0.25) is 14.1 Å². The van der Waals surface area contributed by atoms with Gasteiger partial charge in [0.25, 0.3) is 10.1 Å². The van der Waals surface area contributed by atoms with Crippen LogP contribution in [0.4, 0.5) is 0 Å². The molecular weight excluding hydrogens is 454 g/mol. The molecule has 1 unspecified atom stereocenters. The van der Waals surface area contributed by atoms with Crippen molar-refractivity contribution in [3.63, 3.8) is 0 Å². The van der Waals surface area contributed by atoms with E-state index >= 15 is 0 Å². The van der Waals surface area contributed by atoms with Crippen molar-refractivity contribution in [2.75, 3.05) is 6.61 Å². The van der Waals surface area contributed by atoms with E-state index in [1.165, 1.54) is 77.0 Å². The molecule has 0 spiro atoms. The van der Waals surface area contributed by atoms with Gasteiger partial charge < -0.3 is 12.7 Å². The van der Waals surface area contributed by atoms with Crippen LogP contribution in [0.25, 0.3) is 0 Å². The Kier molecular flexibility index (Phi) is 29.2. The minimum absolute atomic E-state index is 0. The van der Waals surface area contributed by atoms with Gasteiger partial charge in [-0.05, 0) is 6.42 Å². The van der Waals surface area contributed by atoms with Gasteiger partial charge in [0, 0.05) is 0 Å². The van der Waals surface area contributed by atoms with E-state index in [2.05, 4.69) is 6.92 Å². The third-order valence-electron chi connectivity index (χ3n) is 5.25. The van der Waals surface area contributed by atoms with E-state index in [1.54, 1.807) is 0 Å². The zero-order chi connectivity index (χ0) is 22.7. The first-order chi connectivity index (χ1) is 14.3. The number of ether oxygens (including phenoxy) is 1. The molecule has 0 fully saturated rings. The van der Waals surface area contributed by atoms with Gasteiger partial charge >= 0.3 is 71.1 Å². The Bertz CT molecular complexity index is 567. The number of esters is 1. The van der Waals surface area contributed by atoms with E-state index in [0.29, 0.717) is 6.42 Å². The second-order valence-electron chi connectivity index (χ2n) is 8.07. The Morgan fingerprint density at radius 3 is 1.41 bits per heavy atom. The minimum Gasteiger partial charge on any atom is -1.00 e. The van der Waals surface area contributed by atoms with Crippen LogP contribution in [0.5, 0.6) is 0 Å². The molecule has 182 valence electrons. The number of aliphatic carboxylic acids is 1. The molecule has 1 atom stereocenters. The van der Waals surface area contributed by atoms with E-state index in [0.717, 1.165) is 19.3 Å². The number of carbonyl (C=O) groups is 2. The maximum Gasteiger partial charge on any atom is 1.00 e. The van der Waals surface area contributed by atoms with E-state index < -0.39 is 33.7 Å². The van der Waals surface area contributed by atoms with E-state index in [9.17, 15) is 18.0 Å². The molecule has 0 bridgehead atoms. The maximum atomic E-state index is 11.5. The SMILES string of the molecule is CCCCCCCCCCCCCCCCCCOC(=O)CC(C(=O)O)S(=O)(=O)O.[H-].[H-].[Na+].[Na+]. The largest absolute Gasteiger partial charge is 1.00 e. The van der Waals surface area contributed by atoms with Crippen molar-refractivity contribution in [1.29, 1.82) is 0 Å². The van der Waals surface area contributed by atoms with Crippen LogP contribution in [0.2, 0.25) is 0 Å². The number of hydrogen-bond donors (Lipinski definition) is 2. The smallest absolute Gasteiger partial charge is 1.00 e. The molecule has 10 heteroatoms. The molecule has 0 saturated carbocycles. The van der Waals surface area contributed by atoms with Gasteiger partial charge in [0.15, 0.2) is 5.25 Å². The molecule has 7 nitrogen and oxygen atoms in total. The summed E-state index contributed by atoms with van der Waals surface area (Å²) in [5, 5.41) is 6.56. The average Bonchev–Trinajstić information content (AvgIpc) is 2.67. The van der Waals surface area contributed by atoms with Crippen molar-refractivity contribution < 1.29 is 94.4 Å². The molecule has 0 aromatic carbocycles. The van der Waals surface area contributed by atoms with Crippen molar-refractivity contribution in [2.45, 2.75) is 121 Å². The molecule has 0 radical (unpaired) electrons. The maximum absolute atomic E-state index is 11.5. The molecule has 0 amide bonds. The summed E-state index contributed by atoms with van der Waals surface area (Å²) < 4.78 is 35.5. The van der Waals surface area contributed by atoms with Crippen molar-refractivity contribution in [3.8, 4) is 0 Å². The van der Waals surface area contributed by atoms with Crippen LogP contribution in [0.15, 0.2) is 0 Å². The molecule has 32 heavy (non-hydrogen) atoms. The molecule has 0 aromatic rings. The topological polar surface area (TPSA) is 118 Å². The van der Waals surface area contributed by atoms with Gasteiger partial charge in [0.05, 0.1) is 13.0 Å². The predicted molar refractivity (Wildman–Crippen MR) is 120 cm³/mol. The summed E-state index contributed by atoms with van der Waals surface area (Å²) in [5.74, 6) is -2.70. The molecule has 0 heterocycles. The Hall–Kier alpha value is 0.850. The second kappa shape index (κ2) is 25.0. The van der Waals surface area contributed by atoms with Gasteiger partial charge in [-0.15, -0.1) is 0 Å². The zero-order valence-electron chi connectivity index (χ0n) is 22.6. The molecule has 2 N–H and O–H groups in total. The molecule has 0 rings (SSSR count). The van der Waals surface area contributed by atoms with E-state index in [1.807, 2.05) is 0 Å².